The third-order valence-corrected chi connectivity index (χ3v) is 2.48. The maximum Gasteiger partial charge on any atom is 0.209 e. The smallest absolute Gasteiger partial charge is 0.209 e. The van der Waals surface area contributed by atoms with E-state index in [1.807, 2.05) is 6.07 Å². The molecule has 0 spiro atoms. The summed E-state index contributed by atoms with van der Waals surface area (Å²) >= 11 is 0. The maximum atomic E-state index is 10.7. The Morgan fingerprint density at radius 2 is 2.18 bits per heavy atom. The molecule has 62 valence electrons. The van der Waals surface area contributed by atoms with Crippen molar-refractivity contribution in [3.05, 3.63) is 0 Å². The lowest BCUT2D eigenvalue weighted by Gasteiger charge is -2.10. The standard InChI is InChI=1S/C6H10N2O2S/c1-11(9,10)8-6(2-3-6)4-5-7/h8H,2-4H2,1H3. The number of hydrogen-bond donors (Lipinski definition) is 1. The van der Waals surface area contributed by atoms with E-state index in [4.69, 9.17) is 5.26 Å². The second kappa shape index (κ2) is 2.47. The summed E-state index contributed by atoms with van der Waals surface area (Å²) in [5, 5.41) is 8.35. The van der Waals surface area contributed by atoms with E-state index in [1.54, 1.807) is 0 Å². The minimum Gasteiger partial charge on any atom is -0.213 e. The van der Waals surface area contributed by atoms with Crippen LogP contribution in [0.2, 0.25) is 0 Å². The predicted octanol–water partition coefficient (Wildman–Crippen LogP) is -0.0181. The lowest BCUT2D eigenvalue weighted by Crippen LogP contribution is -2.35. The Balaban J connectivity index is 2.57. The van der Waals surface area contributed by atoms with E-state index in [1.165, 1.54) is 0 Å². The minimum absolute atomic E-state index is 0.278. The molecule has 0 unspecified atom stereocenters. The van der Waals surface area contributed by atoms with E-state index < -0.39 is 15.6 Å². The molecule has 0 saturated heterocycles. The molecule has 4 nitrogen and oxygen atoms in total. The van der Waals surface area contributed by atoms with E-state index in [9.17, 15) is 8.42 Å². The quantitative estimate of drug-likeness (QED) is 0.653. The average Bonchev–Trinajstić information content (AvgIpc) is 2.44. The lowest BCUT2D eigenvalue weighted by molar-refractivity contribution is 0.551. The number of rotatable bonds is 3. The van der Waals surface area contributed by atoms with Crippen LogP contribution in [-0.4, -0.2) is 20.2 Å². The van der Waals surface area contributed by atoms with Gasteiger partial charge in [0, 0.05) is 5.54 Å². The summed E-state index contributed by atoms with van der Waals surface area (Å²) in [4.78, 5) is 0. The summed E-state index contributed by atoms with van der Waals surface area (Å²) < 4.78 is 23.9. The third kappa shape index (κ3) is 2.48. The summed E-state index contributed by atoms with van der Waals surface area (Å²) in [6.45, 7) is 0. The van der Waals surface area contributed by atoms with Crippen molar-refractivity contribution < 1.29 is 8.42 Å². The molecule has 1 aliphatic rings. The number of sulfonamides is 1. The summed E-state index contributed by atoms with van der Waals surface area (Å²) in [6.07, 6.45) is 2.96. The molecule has 0 aromatic carbocycles. The second-order valence-electron chi connectivity index (χ2n) is 2.99. The Morgan fingerprint density at radius 3 is 2.45 bits per heavy atom. The van der Waals surface area contributed by atoms with Gasteiger partial charge in [0.05, 0.1) is 18.7 Å². The van der Waals surface area contributed by atoms with Crippen molar-refractivity contribution in [1.29, 1.82) is 5.26 Å². The SMILES string of the molecule is CS(=O)(=O)NC1(CC#N)CC1. The molecule has 0 aromatic heterocycles. The Labute approximate surface area is 66.3 Å². The zero-order valence-electron chi connectivity index (χ0n) is 6.29. The maximum absolute atomic E-state index is 10.7. The van der Waals surface area contributed by atoms with Gasteiger partial charge in [0.2, 0.25) is 10.0 Å². The first kappa shape index (κ1) is 8.50. The van der Waals surface area contributed by atoms with Crippen molar-refractivity contribution in [2.75, 3.05) is 6.26 Å². The molecule has 0 bridgehead atoms. The van der Waals surface area contributed by atoms with Gasteiger partial charge in [-0.25, -0.2) is 13.1 Å². The highest BCUT2D eigenvalue weighted by Gasteiger charge is 2.44. The second-order valence-corrected chi connectivity index (χ2v) is 4.74. The van der Waals surface area contributed by atoms with Crippen molar-refractivity contribution in [3.63, 3.8) is 0 Å². The largest absolute Gasteiger partial charge is 0.213 e. The van der Waals surface area contributed by atoms with Gasteiger partial charge in [-0.2, -0.15) is 5.26 Å². The van der Waals surface area contributed by atoms with Gasteiger partial charge in [0.1, 0.15) is 0 Å². The summed E-state index contributed by atoms with van der Waals surface area (Å²) in [5.41, 5.74) is -0.414. The number of nitriles is 1. The molecule has 0 aliphatic heterocycles. The van der Waals surface area contributed by atoms with Gasteiger partial charge in [-0.1, -0.05) is 0 Å². The Morgan fingerprint density at radius 1 is 1.64 bits per heavy atom. The van der Waals surface area contributed by atoms with E-state index in [0.29, 0.717) is 0 Å². The Hall–Kier alpha value is -0.600. The molecule has 0 heterocycles. The average molecular weight is 174 g/mol. The van der Waals surface area contributed by atoms with Crippen LogP contribution in [0.3, 0.4) is 0 Å². The zero-order chi connectivity index (χ0) is 8.54. The Kier molecular flexibility index (Phi) is 1.90. The zero-order valence-corrected chi connectivity index (χ0v) is 7.11. The summed E-state index contributed by atoms with van der Waals surface area (Å²) in [6, 6.07) is 1.97. The molecule has 1 aliphatic carbocycles. The molecule has 1 N–H and O–H groups in total. The van der Waals surface area contributed by atoms with Gasteiger partial charge in [-0.05, 0) is 12.8 Å². The topological polar surface area (TPSA) is 70.0 Å². The van der Waals surface area contributed by atoms with Crippen LogP contribution < -0.4 is 4.72 Å². The molecule has 0 amide bonds. The number of hydrogen-bond acceptors (Lipinski definition) is 3. The van der Waals surface area contributed by atoms with Crippen molar-refractivity contribution in [2.45, 2.75) is 24.8 Å². The van der Waals surface area contributed by atoms with Crippen molar-refractivity contribution >= 4 is 10.0 Å². The molecule has 0 radical (unpaired) electrons. The van der Waals surface area contributed by atoms with Gasteiger partial charge in [0.15, 0.2) is 0 Å². The summed E-state index contributed by atoms with van der Waals surface area (Å²) in [5.74, 6) is 0. The minimum atomic E-state index is -3.14. The Bertz CT molecular complexity index is 284. The number of nitrogens with one attached hydrogen (secondary N) is 1. The van der Waals surface area contributed by atoms with Gasteiger partial charge < -0.3 is 0 Å². The molecule has 1 saturated carbocycles. The van der Waals surface area contributed by atoms with Crippen molar-refractivity contribution in [2.24, 2.45) is 0 Å². The van der Waals surface area contributed by atoms with Gasteiger partial charge in [0.25, 0.3) is 0 Å². The van der Waals surface area contributed by atoms with Gasteiger partial charge in [-0.3, -0.25) is 0 Å². The molecule has 0 atom stereocenters. The molecule has 1 rings (SSSR count). The van der Waals surface area contributed by atoms with E-state index in [-0.39, 0.29) is 6.42 Å². The van der Waals surface area contributed by atoms with Crippen molar-refractivity contribution in [3.8, 4) is 6.07 Å². The molecular formula is C6H10N2O2S. The van der Waals surface area contributed by atoms with Crippen LogP contribution in [-0.2, 0) is 10.0 Å². The van der Waals surface area contributed by atoms with Crippen LogP contribution in [0.5, 0.6) is 0 Å². The van der Waals surface area contributed by atoms with E-state index in [2.05, 4.69) is 4.72 Å². The fraction of sp³-hybridized carbons (Fsp3) is 0.833. The molecule has 5 heteroatoms. The van der Waals surface area contributed by atoms with Crippen LogP contribution in [0.4, 0.5) is 0 Å². The van der Waals surface area contributed by atoms with Gasteiger partial charge >= 0.3 is 0 Å². The third-order valence-electron chi connectivity index (χ3n) is 1.67. The highest BCUT2D eigenvalue weighted by atomic mass is 32.2. The molecule has 0 aromatic rings. The van der Waals surface area contributed by atoms with Crippen LogP contribution in [0.1, 0.15) is 19.3 Å². The van der Waals surface area contributed by atoms with Crippen LogP contribution in [0.25, 0.3) is 0 Å². The lowest BCUT2D eigenvalue weighted by atomic mass is 10.2. The first-order valence-electron chi connectivity index (χ1n) is 3.33. The highest BCUT2D eigenvalue weighted by Crippen LogP contribution is 2.38. The van der Waals surface area contributed by atoms with E-state index in [0.717, 1.165) is 19.1 Å². The monoisotopic (exact) mass is 174 g/mol. The molecule has 11 heavy (non-hydrogen) atoms. The van der Waals surface area contributed by atoms with Crippen LogP contribution in [0.15, 0.2) is 0 Å². The van der Waals surface area contributed by atoms with Gasteiger partial charge in [-0.15, -0.1) is 0 Å². The van der Waals surface area contributed by atoms with E-state index >= 15 is 0 Å². The fourth-order valence-electron chi connectivity index (χ4n) is 1.01. The first-order chi connectivity index (χ1) is 4.97. The highest BCUT2D eigenvalue weighted by molar-refractivity contribution is 7.88. The normalized spacial score (nSPS) is 20.7. The molecule has 1 fully saturated rings. The first-order valence-corrected chi connectivity index (χ1v) is 5.22. The molecular weight excluding hydrogens is 164 g/mol. The number of nitrogens with zero attached hydrogens (tertiary/aromatic N) is 1. The van der Waals surface area contributed by atoms with Crippen LogP contribution in [0, 0.1) is 11.3 Å². The fourth-order valence-corrected chi connectivity index (χ4v) is 2.07. The van der Waals surface area contributed by atoms with Crippen molar-refractivity contribution in [1.82, 2.24) is 4.72 Å². The summed E-state index contributed by atoms with van der Waals surface area (Å²) in [7, 11) is -3.14. The van der Waals surface area contributed by atoms with Crippen LogP contribution >= 0.6 is 0 Å². The predicted molar refractivity (Wildman–Crippen MR) is 40.2 cm³/mol.